The van der Waals surface area contributed by atoms with Gasteiger partial charge in [-0.05, 0) is 29.1 Å². The SMILES string of the molecule is CC12C=CC(C)(CC1)C2(C)C. The number of rotatable bonds is 0. The van der Waals surface area contributed by atoms with E-state index in [0.29, 0.717) is 16.2 Å². The Morgan fingerprint density at radius 1 is 0.818 bits per heavy atom. The van der Waals surface area contributed by atoms with Crippen LogP contribution in [0, 0.1) is 16.2 Å². The van der Waals surface area contributed by atoms with Gasteiger partial charge in [-0.15, -0.1) is 0 Å². The molecule has 11 heavy (non-hydrogen) atoms. The zero-order chi connectivity index (χ0) is 8.33. The van der Waals surface area contributed by atoms with Crippen molar-refractivity contribution in [3.63, 3.8) is 0 Å². The van der Waals surface area contributed by atoms with Crippen LogP contribution in [0.3, 0.4) is 0 Å². The van der Waals surface area contributed by atoms with E-state index in [9.17, 15) is 0 Å². The van der Waals surface area contributed by atoms with Crippen molar-refractivity contribution < 1.29 is 0 Å². The maximum absolute atomic E-state index is 2.44. The molecule has 0 saturated heterocycles. The minimum atomic E-state index is 0.486. The van der Waals surface area contributed by atoms with Crippen molar-refractivity contribution in [3.8, 4) is 0 Å². The number of hydrogen-bond donors (Lipinski definition) is 0. The van der Waals surface area contributed by atoms with Gasteiger partial charge in [0.1, 0.15) is 0 Å². The Hall–Kier alpha value is -0.260. The average molecular weight is 150 g/mol. The lowest BCUT2D eigenvalue weighted by Gasteiger charge is -2.39. The number of fused-ring (bicyclic) bond motifs is 2. The van der Waals surface area contributed by atoms with E-state index in [4.69, 9.17) is 0 Å². The third-order valence-corrected chi connectivity index (χ3v) is 4.84. The van der Waals surface area contributed by atoms with Gasteiger partial charge in [0.15, 0.2) is 0 Å². The molecule has 0 aromatic heterocycles. The van der Waals surface area contributed by atoms with Crippen molar-refractivity contribution in [2.24, 2.45) is 16.2 Å². The van der Waals surface area contributed by atoms with Crippen molar-refractivity contribution in [2.45, 2.75) is 40.5 Å². The Labute approximate surface area is 69.7 Å². The summed E-state index contributed by atoms with van der Waals surface area (Å²) in [4.78, 5) is 0. The second-order valence-electron chi connectivity index (χ2n) is 5.29. The van der Waals surface area contributed by atoms with Gasteiger partial charge in [-0.25, -0.2) is 0 Å². The van der Waals surface area contributed by atoms with Gasteiger partial charge >= 0.3 is 0 Å². The molecule has 2 aliphatic carbocycles. The first kappa shape index (κ1) is 7.39. The second kappa shape index (κ2) is 1.57. The van der Waals surface area contributed by atoms with E-state index < -0.39 is 0 Å². The molecule has 0 N–H and O–H groups in total. The zero-order valence-corrected chi connectivity index (χ0v) is 8.07. The Morgan fingerprint density at radius 2 is 1.18 bits per heavy atom. The molecule has 2 aliphatic rings. The molecule has 0 aliphatic heterocycles. The van der Waals surface area contributed by atoms with Crippen LogP contribution in [0.5, 0.6) is 0 Å². The van der Waals surface area contributed by atoms with Crippen molar-refractivity contribution in [1.82, 2.24) is 0 Å². The van der Waals surface area contributed by atoms with Gasteiger partial charge in [-0.1, -0.05) is 39.8 Å². The largest absolute Gasteiger partial charge is 0.0814 e. The Kier molecular flexibility index (Phi) is 1.06. The molecule has 2 atom stereocenters. The highest BCUT2D eigenvalue weighted by atomic mass is 14.6. The third-order valence-electron chi connectivity index (χ3n) is 4.84. The van der Waals surface area contributed by atoms with Gasteiger partial charge < -0.3 is 0 Å². The van der Waals surface area contributed by atoms with E-state index in [0.717, 1.165) is 0 Å². The van der Waals surface area contributed by atoms with Crippen LogP contribution in [-0.2, 0) is 0 Å². The highest BCUT2D eigenvalue weighted by Crippen LogP contribution is 2.68. The Balaban J connectivity index is 2.53. The van der Waals surface area contributed by atoms with Crippen LogP contribution < -0.4 is 0 Å². The van der Waals surface area contributed by atoms with Gasteiger partial charge in [-0.3, -0.25) is 0 Å². The van der Waals surface area contributed by atoms with Gasteiger partial charge in [0.05, 0.1) is 0 Å². The summed E-state index contributed by atoms with van der Waals surface area (Å²) >= 11 is 0. The van der Waals surface area contributed by atoms with E-state index >= 15 is 0 Å². The van der Waals surface area contributed by atoms with Crippen molar-refractivity contribution in [1.29, 1.82) is 0 Å². The molecule has 2 unspecified atom stereocenters. The molecule has 2 rings (SSSR count). The molecule has 0 heteroatoms. The van der Waals surface area contributed by atoms with Crippen LogP contribution in [0.25, 0.3) is 0 Å². The minimum Gasteiger partial charge on any atom is -0.0814 e. The van der Waals surface area contributed by atoms with Crippen LogP contribution in [0.4, 0.5) is 0 Å². The quantitative estimate of drug-likeness (QED) is 0.464. The van der Waals surface area contributed by atoms with E-state index in [1.54, 1.807) is 0 Å². The van der Waals surface area contributed by atoms with Gasteiger partial charge in [0.2, 0.25) is 0 Å². The maximum Gasteiger partial charge on any atom is -0.00867 e. The second-order valence-corrected chi connectivity index (χ2v) is 5.29. The molecule has 0 aromatic rings. The van der Waals surface area contributed by atoms with E-state index in [2.05, 4.69) is 39.8 Å². The lowest BCUT2D eigenvalue weighted by atomic mass is 9.65. The lowest BCUT2D eigenvalue weighted by molar-refractivity contribution is 0.120. The average Bonchev–Trinajstić information content (AvgIpc) is 2.19. The number of allylic oxidation sites excluding steroid dienone is 2. The summed E-state index contributed by atoms with van der Waals surface area (Å²) < 4.78 is 0. The number of hydrogen-bond acceptors (Lipinski definition) is 0. The van der Waals surface area contributed by atoms with E-state index in [1.165, 1.54) is 12.8 Å². The van der Waals surface area contributed by atoms with Gasteiger partial charge in [-0.2, -0.15) is 0 Å². The normalized spacial score (nSPS) is 52.0. The predicted octanol–water partition coefficient (Wildman–Crippen LogP) is 3.39. The smallest absolute Gasteiger partial charge is 0.00867 e. The summed E-state index contributed by atoms with van der Waals surface area (Å²) in [5.41, 5.74) is 1.46. The van der Waals surface area contributed by atoms with Crippen LogP contribution >= 0.6 is 0 Å². The molecule has 62 valence electrons. The molecule has 0 heterocycles. The highest BCUT2D eigenvalue weighted by molar-refractivity contribution is 5.27. The van der Waals surface area contributed by atoms with Gasteiger partial charge in [0, 0.05) is 0 Å². The summed E-state index contributed by atoms with van der Waals surface area (Å²) in [6.45, 7) is 9.64. The maximum atomic E-state index is 2.44. The summed E-state index contributed by atoms with van der Waals surface area (Å²) in [5.74, 6) is 0. The first-order valence-electron chi connectivity index (χ1n) is 4.62. The topological polar surface area (TPSA) is 0 Å². The van der Waals surface area contributed by atoms with Crippen molar-refractivity contribution in [2.75, 3.05) is 0 Å². The fourth-order valence-corrected chi connectivity index (χ4v) is 2.75. The molecule has 0 spiro atoms. The summed E-state index contributed by atoms with van der Waals surface area (Å²) in [7, 11) is 0. The molecular weight excluding hydrogens is 132 g/mol. The van der Waals surface area contributed by atoms with Crippen molar-refractivity contribution in [3.05, 3.63) is 12.2 Å². The summed E-state index contributed by atoms with van der Waals surface area (Å²) in [6.07, 6.45) is 7.65. The highest BCUT2D eigenvalue weighted by Gasteiger charge is 2.59. The molecule has 1 saturated carbocycles. The molecule has 0 aromatic carbocycles. The molecule has 0 radical (unpaired) electrons. The Bertz CT molecular complexity index is 202. The van der Waals surface area contributed by atoms with Crippen LogP contribution in [0.1, 0.15) is 40.5 Å². The Morgan fingerprint density at radius 3 is 1.27 bits per heavy atom. The monoisotopic (exact) mass is 150 g/mol. The van der Waals surface area contributed by atoms with Crippen molar-refractivity contribution >= 4 is 0 Å². The summed E-state index contributed by atoms with van der Waals surface area (Å²) in [6, 6.07) is 0. The van der Waals surface area contributed by atoms with Crippen LogP contribution in [0.15, 0.2) is 12.2 Å². The molecule has 0 amide bonds. The fourth-order valence-electron chi connectivity index (χ4n) is 2.75. The lowest BCUT2D eigenvalue weighted by Crippen LogP contribution is -2.32. The molecule has 0 nitrogen and oxygen atoms in total. The van der Waals surface area contributed by atoms with Crippen LogP contribution in [0.2, 0.25) is 0 Å². The molecule has 2 bridgehead atoms. The van der Waals surface area contributed by atoms with Crippen LogP contribution in [-0.4, -0.2) is 0 Å². The van der Waals surface area contributed by atoms with E-state index in [1.807, 2.05) is 0 Å². The van der Waals surface area contributed by atoms with E-state index in [-0.39, 0.29) is 0 Å². The first-order valence-corrected chi connectivity index (χ1v) is 4.62. The minimum absolute atomic E-state index is 0.486. The third kappa shape index (κ3) is 0.579. The zero-order valence-electron chi connectivity index (χ0n) is 8.07. The molecular formula is C11H18. The standard InChI is InChI=1S/C11H18/c1-9(2)10(3)5-7-11(9,4)8-6-10/h5,7H,6,8H2,1-4H3. The summed E-state index contributed by atoms with van der Waals surface area (Å²) in [5, 5.41) is 0. The van der Waals surface area contributed by atoms with Gasteiger partial charge in [0.25, 0.3) is 0 Å². The first-order chi connectivity index (χ1) is 4.91. The fraction of sp³-hybridized carbons (Fsp3) is 0.818. The molecule has 1 fully saturated rings. The predicted molar refractivity (Wildman–Crippen MR) is 48.4 cm³/mol.